The third-order valence-electron chi connectivity index (χ3n) is 4.57. The van der Waals surface area contributed by atoms with E-state index in [2.05, 4.69) is 15.6 Å². The van der Waals surface area contributed by atoms with Gasteiger partial charge in [-0.15, -0.1) is 0 Å². The van der Waals surface area contributed by atoms with Crippen LogP contribution < -0.4 is 15.4 Å². The Labute approximate surface area is 184 Å². The van der Waals surface area contributed by atoms with E-state index in [-0.39, 0.29) is 24.3 Å². The van der Waals surface area contributed by atoms with Gasteiger partial charge in [-0.05, 0) is 42.7 Å². The summed E-state index contributed by atoms with van der Waals surface area (Å²) in [4.78, 5) is 38.6. The van der Waals surface area contributed by atoms with Gasteiger partial charge in [0.15, 0.2) is 0 Å². The van der Waals surface area contributed by atoms with Gasteiger partial charge in [-0.25, -0.2) is 4.98 Å². The van der Waals surface area contributed by atoms with Crippen LogP contribution in [0.5, 0.6) is 11.6 Å². The van der Waals surface area contributed by atoms with E-state index in [0.717, 1.165) is 28.5 Å². The van der Waals surface area contributed by atoms with E-state index in [1.165, 1.54) is 18.2 Å². The molecule has 0 atom stereocenters. The molecule has 9 heteroatoms. The molecule has 2 amide bonds. The van der Waals surface area contributed by atoms with Gasteiger partial charge in [0, 0.05) is 36.5 Å². The van der Waals surface area contributed by atoms with Gasteiger partial charge < -0.3 is 15.4 Å². The maximum atomic E-state index is 12.1. The van der Waals surface area contributed by atoms with Crippen molar-refractivity contribution in [3.8, 4) is 11.6 Å². The fourth-order valence-corrected chi connectivity index (χ4v) is 2.79. The number of carbonyl (C=O) groups excluding carboxylic acids is 2. The van der Waals surface area contributed by atoms with Crippen molar-refractivity contribution in [3.05, 3.63) is 93.2 Å². The molecule has 2 aromatic carbocycles. The van der Waals surface area contributed by atoms with Gasteiger partial charge in [-0.1, -0.05) is 24.3 Å². The lowest BCUT2D eigenvalue weighted by molar-refractivity contribution is -0.384. The third-order valence-corrected chi connectivity index (χ3v) is 4.57. The molecule has 2 N–H and O–H groups in total. The summed E-state index contributed by atoms with van der Waals surface area (Å²) in [5.41, 5.74) is 2.76. The first-order valence-corrected chi connectivity index (χ1v) is 9.81. The second kappa shape index (κ2) is 10.2. The molecule has 0 aliphatic heterocycles. The number of nitrogens with one attached hydrogen (secondary N) is 2. The van der Waals surface area contributed by atoms with Gasteiger partial charge in [-0.2, -0.15) is 0 Å². The first-order valence-electron chi connectivity index (χ1n) is 9.81. The average Bonchev–Trinajstić information content (AvgIpc) is 2.79. The van der Waals surface area contributed by atoms with Crippen LogP contribution in [0.3, 0.4) is 0 Å². The largest absolute Gasteiger partial charge is 0.439 e. The summed E-state index contributed by atoms with van der Waals surface area (Å²) in [6.07, 6.45) is 1.60. The van der Waals surface area contributed by atoms with Gasteiger partial charge in [0.2, 0.25) is 11.8 Å². The Hall–Kier alpha value is -4.27. The Balaban J connectivity index is 1.47. The predicted octanol–water partition coefficient (Wildman–Crippen LogP) is 3.45. The van der Waals surface area contributed by atoms with Gasteiger partial charge >= 0.3 is 0 Å². The molecular weight excluding hydrogens is 412 g/mol. The Morgan fingerprint density at radius 1 is 1.06 bits per heavy atom. The molecule has 0 unspecified atom stereocenters. The Morgan fingerprint density at radius 3 is 2.59 bits per heavy atom. The highest BCUT2D eigenvalue weighted by Gasteiger charge is 2.12. The van der Waals surface area contributed by atoms with Crippen LogP contribution in [0.25, 0.3) is 0 Å². The van der Waals surface area contributed by atoms with Crippen molar-refractivity contribution >= 4 is 17.5 Å². The van der Waals surface area contributed by atoms with Crippen LogP contribution in [0, 0.1) is 24.0 Å². The number of benzene rings is 2. The van der Waals surface area contributed by atoms with Crippen molar-refractivity contribution in [2.24, 2.45) is 0 Å². The number of ether oxygens (including phenoxy) is 1. The summed E-state index contributed by atoms with van der Waals surface area (Å²) in [7, 11) is 0. The second-order valence-corrected chi connectivity index (χ2v) is 7.14. The van der Waals surface area contributed by atoms with Crippen molar-refractivity contribution < 1.29 is 19.2 Å². The first kappa shape index (κ1) is 22.4. The van der Waals surface area contributed by atoms with Crippen LogP contribution in [-0.4, -0.2) is 28.3 Å². The Kier molecular flexibility index (Phi) is 7.12. The molecule has 0 fully saturated rings. The fourth-order valence-electron chi connectivity index (χ4n) is 2.79. The molecule has 0 bridgehead atoms. The number of nitro groups is 1. The lowest BCUT2D eigenvalue weighted by Crippen LogP contribution is -2.36. The highest BCUT2D eigenvalue weighted by atomic mass is 16.6. The maximum absolute atomic E-state index is 12.1. The second-order valence-electron chi connectivity index (χ2n) is 7.14. The van der Waals surface area contributed by atoms with Gasteiger partial charge in [-0.3, -0.25) is 19.7 Å². The van der Waals surface area contributed by atoms with Crippen molar-refractivity contribution in [1.82, 2.24) is 15.6 Å². The molecule has 32 heavy (non-hydrogen) atoms. The lowest BCUT2D eigenvalue weighted by atomic mass is 10.1. The van der Waals surface area contributed by atoms with Crippen molar-refractivity contribution in [2.75, 3.05) is 6.54 Å². The number of rotatable bonds is 8. The highest BCUT2D eigenvalue weighted by molar-refractivity contribution is 5.96. The standard InChI is InChI=1S/C23H22N4O5/c1-15-6-7-16(2)20(10-15)32-22-9-8-17(13-25-22)12-24-21(28)14-26-23(29)18-4-3-5-19(11-18)27(30)31/h3-11,13H,12,14H2,1-2H3,(H,24,28)(H,26,29). The number of non-ortho nitro benzene ring substituents is 1. The minimum atomic E-state index is -0.587. The minimum Gasteiger partial charge on any atom is -0.439 e. The highest BCUT2D eigenvalue weighted by Crippen LogP contribution is 2.24. The zero-order valence-corrected chi connectivity index (χ0v) is 17.6. The number of amides is 2. The molecule has 1 aromatic heterocycles. The van der Waals surface area contributed by atoms with Crippen molar-refractivity contribution in [2.45, 2.75) is 20.4 Å². The number of aryl methyl sites for hydroxylation is 2. The maximum Gasteiger partial charge on any atom is 0.270 e. The Morgan fingerprint density at radius 2 is 1.88 bits per heavy atom. The molecule has 0 radical (unpaired) electrons. The van der Waals surface area contributed by atoms with Crippen LogP contribution in [0.4, 0.5) is 5.69 Å². The third kappa shape index (κ3) is 6.11. The van der Waals surface area contributed by atoms with Crippen LogP contribution in [-0.2, 0) is 11.3 Å². The van der Waals surface area contributed by atoms with E-state index in [1.54, 1.807) is 18.3 Å². The molecule has 0 saturated heterocycles. The van der Waals surface area contributed by atoms with E-state index in [4.69, 9.17) is 4.74 Å². The molecule has 1 heterocycles. The molecule has 0 spiro atoms. The van der Waals surface area contributed by atoms with Crippen LogP contribution in [0.2, 0.25) is 0 Å². The number of carbonyl (C=O) groups is 2. The molecule has 3 rings (SSSR count). The fraction of sp³-hybridized carbons (Fsp3) is 0.174. The van der Waals surface area contributed by atoms with Gasteiger partial charge in [0.1, 0.15) is 5.75 Å². The predicted molar refractivity (Wildman–Crippen MR) is 118 cm³/mol. The van der Waals surface area contributed by atoms with E-state index < -0.39 is 16.7 Å². The monoisotopic (exact) mass is 434 g/mol. The first-order chi connectivity index (χ1) is 15.3. The summed E-state index contributed by atoms with van der Waals surface area (Å²) < 4.78 is 5.81. The number of hydrogen-bond donors (Lipinski definition) is 2. The molecule has 164 valence electrons. The summed E-state index contributed by atoms with van der Waals surface area (Å²) in [6.45, 7) is 3.90. The summed E-state index contributed by atoms with van der Waals surface area (Å²) in [5.74, 6) is 0.203. The van der Waals surface area contributed by atoms with Crippen LogP contribution in [0.15, 0.2) is 60.8 Å². The van der Waals surface area contributed by atoms with Gasteiger partial charge in [0.05, 0.1) is 11.5 Å². The van der Waals surface area contributed by atoms with E-state index in [1.807, 2.05) is 32.0 Å². The van der Waals surface area contributed by atoms with Gasteiger partial charge in [0.25, 0.3) is 11.6 Å². The Bertz CT molecular complexity index is 1150. The zero-order chi connectivity index (χ0) is 23.1. The lowest BCUT2D eigenvalue weighted by Gasteiger charge is -2.10. The SMILES string of the molecule is Cc1ccc(C)c(Oc2ccc(CNC(=O)CNC(=O)c3cccc([N+](=O)[O-])c3)cn2)c1. The van der Waals surface area contributed by atoms with E-state index in [9.17, 15) is 19.7 Å². The number of pyridine rings is 1. The van der Waals surface area contributed by atoms with Crippen molar-refractivity contribution in [3.63, 3.8) is 0 Å². The van der Waals surface area contributed by atoms with Crippen molar-refractivity contribution in [1.29, 1.82) is 0 Å². The number of aromatic nitrogens is 1. The minimum absolute atomic E-state index is 0.107. The topological polar surface area (TPSA) is 123 Å². The normalized spacial score (nSPS) is 10.3. The molecule has 0 aliphatic rings. The summed E-state index contributed by atoms with van der Waals surface area (Å²) in [6, 6.07) is 14.7. The number of hydrogen-bond acceptors (Lipinski definition) is 6. The molecule has 0 aliphatic carbocycles. The van der Waals surface area contributed by atoms with E-state index in [0.29, 0.717) is 5.88 Å². The van der Waals surface area contributed by atoms with Crippen LogP contribution >= 0.6 is 0 Å². The number of nitrogens with zero attached hydrogens (tertiary/aromatic N) is 2. The average molecular weight is 434 g/mol. The molecular formula is C23H22N4O5. The quantitative estimate of drug-likeness (QED) is 0.413. The zero-order valence-electron chi connectivity index (χ0n) is 17.6. The number of nitro benzene ring substituents is 1. The summed E-state index contributed by atoms with van der Waals surface area (Å²) >= 11 is 0. The smallest absolute Gasteiger partial charge is 0.270 e. The molecule has 9 nitrogen and oxygen atoms in total. The summed E-state index contributed by atoms with van der Waals surface area (Å²) in [5, 5.41) is 15.9. The molecule has 0 saturated carbocycles. The van der Waals surface area contributed by atoms with Crippen LogP contribution in [0.1, 0.15) is 27.0 Å². The van der Waals surface area contributed by atoms with E-state index >= 15 is 0 Å². The molecule has 3 aromatic rings.